The lowest BCUT2D eigenvalue weighted by Gasteiger charge is -2.26. The first-order valence-electron chi connectivity index (χ1n) is 9.98. The molecule has 3 aromatic rings. The van der Waals surface area contributed by atoms with E-state index in [9.17, 15) is 14.4 Å². The van der Waals surface area contributed by atoms with Crippen LogP contribution < -0.4 is 19.7 Å². The zero-order chi connectivity index (χ0) is 23.4. The van der Waals surface area contributed by atoms with E-state index in [1.165, 1.54) is 25.3 Å². The van der Waals surface area contributed by atoms with Gasteiger partial charge in [0.15, 0.2) is 11.5 Å². The van der Waals surface area contributed by atoms with Gasteiger partial charge in [-0.2, -0.15) is 0 Å². The summed E-state index contributed by atoms with van der Waals surface area (Å²) in [5.74, 6) is -0.566. The van der Waals surface area contributed by atoms with Crippen LogP contribution in [0.3, 0.4) is 0 Å². The van der Waals surface area contributed by atoms with Crippen molar-refractivity contribution in [1.29, 1.82) is 0 Å². The van der Waals surface area contributed by atoms with Gasteiger partial charge in [0.05, 0.1) is 12.8 Å². The molecule has 0 atom stereocenters. The van der Waals surface area contributed by atoms with Gasteiger partial charge in [0.25, 0.3) is 11.8 Å². The van der Waals surface area contributed by atoms with Gasteiger partial charge in [0.2, 0.25) is 0 Å². The maximum absolute atomic E-state index is 13.0. The summed E-state index contributed by atoms with van der Waals surface area (Å²) in [6.45, 7) is 0.358. The van der Waals surface area contributed by atoms with Crippen LogP contribution in [0.5, 0.6) is 11.5 Å². The molecule has 4 rings (SSSR count). The Hall–Kier alpha value is -4.10. The van der Waals surface area contributed by atoms with Gasteiger partial charge >= 0.3 is 6.03 Å². The smallest absolute Gasteiger partial charge is 0.335 e. The Morgan fingerprint density at radius 2 is 1.67 bits per heavy atom. The fourth-order valence-corrected chi connectivity index (χ4v) is 3.40. The minimum atomic E-state index is -0.827. The second-order valence-corrected chi connectivity index (χ2v) is 7.56. The molecule has 1 N–H and O–H groups in total. The number of hydrogen-bond acceptors (Lipinski definition) is 5. The van der Waals surface area contributed by atoms with Crippen LogP contribution in [0.1, 0.15) is 11.1 Å². The van der Waals surface area contributed by atoms with Crippen molar-refractivity contribution in [2.75, 3.05) is 12.0 Å². The van der Waals surface area contributed by atoms with Crippen LogP contribution in [-0.4, -0.2) is 25.0 Å². The summed E-state index contributed by atoms with van der Waals surface area (Å²) >= 11 is 5.89. The molecule has 0 unspecified atom stereocenters. The Morgan fingerprint density at radius 3 is 2.36 bits per heavy atom. The van der Waals surface area contributed by atoms with Crippen molar-refractivity contribution in [3.8, 4) is 11.5 Å². The van der Waals surface area contributed by atoms with E-state index in [4.69, 9.17) is 21.1 Å². The molecule has 33 heavy (non-hydrogen) atoms. The molecule has 4 amide bonds. The topological polar surface area (TPSA) is 84.9 Å². The number of nitrogens with zero attached hydrogens (tertiary/aromatic N) is 1. The van der Waals surface area contributed by atoms with E-state index in [0.717, 1.165) is 10.5 Å². The number of benzene rings is 3. The molecule has 1 fully saturated rings. The van der Waals surface area contributed by atoms with Gasteiger partial charge in [0.1, 0.15) is 12.2 Å². The van der Waals surface area contributed by atoms with Gasteiger partial charge in [-0.1, -0.05) is 48.0 Å². The van der Waals surface area contributed by atoms with Crippen LogP contribution in [0.25, 0.3) is 6.08 Å². The second kappa shape index (κ2) is 9.58. The maximum atomic E-state index is 13.0. The summed E-state index contributed by atoms with van der Waals surface area (Å²) in [7, 11) is 1.50. The van der Waals surface area contributed by atoms with Crippen molar-refractivity contribution in [3.63, 3.8) is 0 Å². The Balaban J connectivity index is 1.60. The van der Waals surface area contributed by atoms with Crippen LogP contribution in [0, 0.1) is 0 Å². The maximum Gasteiger partial charge on any atom is 0.335 e. The first kappa shape index (κ1) is 22.1. The molecule has 0 radical (unpaired) electrons. The summed E-state index contributed by atoms with van der Waals surface area (Å²) in [5.41, 5.74) is 1.64. The molecule has 1 aliphatic heterocycles. The van der Waals surface area contributed by atoms with Gasteiger partial charge < -0.3 is 9.47 Å². The molecule has 1 saturated heterocycles. The van der Waals surface area contributed by atoms with Crippen molar-refractivity contribution in [2.24, 2.45) is 0 Å². The molecular formula is C25H19ClN2O5. The van der Waals surface area contributed by atoms with Crippen LogP contribution in [0.2, 0.25) is 5.02 Å². The molecule has 1 aliphatic rings. The molecule has 7 nitrogen and oxygen atoms in total. The standard InChI is InChI=1S/C25H19ClN2O5/c1-32-22-14-17(7-12-21(22)33-15-16-5-3-2-4-6-16)13-20-23(29)27-25(31)28(24(20)30)19-10-8-18(26)9-11-19/h2-14H,15H2,1H3,(H,27,29,31)/b20-13+. The number of rotatable bonds is 6. The van der Waals surface area contributed by atoms with Gasteiger partial charge in [-0.15, -0.1) is 0 Å². The van der Waals surface area contributed by atoms with E-state index in [1.807, 2.05) is 30.3 Å². The van der Waals surface area contributed by atoms with Crippen molar-refractivity contribution in [3.05, 3.63) is 94.5 Å². The minimum Gasteiger partial charge on any atom is -0.493 e. The monoisotopic (exact) mass is 462 g/mol. The van der Waals surface area contributed by atoms with Crippen LogP contribution >= 0.6 is 11.6 Å². The normalized spacial score (nSPS) is 14.9. The third-order valence-electron chi connectivity index (χ3n) is 4.92. The molecule has 0 saturated carbocycles. The zero-order valence-corrected chi connectivity index (χ0v) is 18.3. The molecule has 0 aromatic heterocycles. The van der Waals surface area contributed by atoms with E-state index in [-0.39, 0.29) is 5.57 Å². The quantitative estimate of drug-likeness (QED) is 0.427. The third-order valence-corrected chi connectivity index (χ3v) is 5.17. The molecule has 1 heterocycles. The van der Waals surface area contributed by atoms with E-state index in [1.54, 1.807) is 30.3 Å². The third kappa shape index (κ3) is 4.88. The molecule has 0 spiro atoms. The number of halogens is 1. The van der Waals surface area contributed by atoms with E-state index >= 15 is 0 Å². The van der Waals surface area contributed by atoms with Crippen LogP contribution in [0.15, 0.2) is 78.4 Å². The van der Waals surface area contributed by atoms with E-state index < -0.39 is 17.8 Å². The number of nitrogens with one attached hydrogen (secondary N) is 1. The number of methoxy groups -OCH3 is 1. The molecule has 8 heteroatoms. The Bertz CT molecular complexity index is 1240. The predicted octanol–water partition coefficient (Wildman–Crippen LogP) is 4.59. The van der Waals surface area contributed by atoms with Crippen LogP contribution in [-0.2, 0) is 16.2 Å². The van der Waals surface area contributed by atoms with Crippen molar-refractivity contribution in [2.45, 2.75) is 6.61 Å². The Kier molecular flexibility index (Phi) is 6.42. The number of imide groups is 2. The Morgan fingerprint density at radius 1 is 0.939 bits per heavy atom. The number of hydrogen-bond donors (Lipinski definition) is 1. The number of ether oxygens (including phenoxy) is 2. The lowest BCUT2D eigenvalue weighted by Crippen LogP contribution is -2.54. The highest BCUT2D eigenvalue weighted by Crippen LogP contribution is 2.30. The summed E-state index contributed by atoms with van der Waals surface area (Å²) in [5, 5.41) is 2.65. The number of barbiturate groups is 1. The molecule has 0 aliphatic carbocycles. The number of anilines is 1. The molecule has 0 bridgehead atoms. The average molecular weight is 463 g/mol. The number of amides is 4. The van der Waals surface area contributed by atoms with Crippen LogP contribution in [0.4, 0.5) is 10.5 Å². The van der Waals surface area contributed by atoms with E-state index in [2.05, 4.69) is 5.32 Å². The fourth-order valence-electron chi connectivity index (χ4n) is 3.28. The SMILES string of the molecule is COc1cc(/C=C2\C(=O)NC(=O)N(c3ccc(Cl)cc3)C2=O)ccc1OCc1ccccc1. The lowest BCUT2D eigenvalue weighted by atomic mass is 10.1. The summed E-state index contributed by atoms with van der Waals surface area (Å²) < 4.78 is 11.3. The molecule has 3 aromatic carbocycles. The van der Waals surface area contributed by atoms with Crippen molar-refractivity contribution in [1.82, 2.24) is 5.32 Å². The first-order valence-corrected chi connectivity index (χ1v) is 10.4. The Labute approximate surface area is 195 Å². The zero-order valence-electron chi connectivity index (χ0n) is 17.6. The van der Waals surface area contributed by atoms with Gasteiger partial charge in [-0.3, -0.25) is 14.9 Å². The summed E-state index contributed by atoms with van der Waals surface area (Å²) in [6, 6.07) is 20.0. The summed E-state index contributed by atoms with van der Waals surface area (Å²) in [6.07, 6.45) is 1.40. The highest BCUT2D eigenvalue weighted by molar-refractivity contribution is 6.39. The van der Waals surface area contributed by atoms with Gasteiger partial charge in [0, 0.05) is 5.02 Å². The predicted molar refractivity (Wildman–Crippen MR) is 124 cm³/mol. The second-order valence-electron chi connectivity index (χ2n) is 7.12. The largest absolute Gasteiger partial charge is 0.493 e. The van der Waals surface area contributed by atoms with Gasteiger partial charge in [-0.25, -0.2) is 9.69 Å². The minimum absolute atomic E-state index is 0.190. The highest BCUT2D eigenvalue weighted by Gasteiger charge is 2.36. The fraction of sp³-hybridized carbons (Fsp3) is 0.0800. The molecular weight excluding hydrogens is 444 g/mol. The first-order chi connectivity index (χ1) is 16.0. The molecule has 166 valence electrons. The lowest BCUT2D eigenvalue weighted by molar-refractivity contribution is -0.122. The van der Waals surface area contributed by atoms with E-state index in [0.29, 0.717) is 34.4 Å². The highest BCUT2D eigenvalue weighted by atomic mass is 35.5. The van der Waals surface area contributed by atoms with Crippen molar-refractivity contribution < 1.29 is 23.9 Å². The number of urea groups is 1. The number of carbonyl (C=O) groups excluding carboxylic acids is 3. The summed E-state index contributed by atoms with van der Waals surface area (Å²) in [4.78, 5) is 38.6. The number of carbonyl (C=O) groups is 3. The van der Waals surface area contributed by atoms with Gasteiger partial charge in [-0.05, 0) is 53.6 Å². The average Bonchev–Trinajstić information content (AvgIpc) is 2.82. The van der Waals surface area contributed by atoms with Crippen molar-refractivity contribution >= 4 is 41.2 Å².